The lowest BCUT2D eigenvalue weighted by Crippen LogP contribution is -2.30. The molecule has 100 valence electrons. The zero-order valence-electron chi connectivity index (χ0n) is 10.7. The number of carbonyl (C=O) groups excluding carboxylic acids is 1. The molecule has 1 atom stereocenters. The number of aryl methyl sites for hydroxylation is 1. The Hall–Kier alpha value is -1.58. The number of unbranched alkanes of at least 4 members (excludes halogenated alkanes) is 2. The first-order valence-electron chi connectivity index (χ1n) is 6.24. The molecule has 0 radical (unpaired) electrons. The molecule has 0 fully saturated rings. The zero-order chi connectivity index (χ0) is 13.4. The van der Waals surface area contributed by atoms with Crippen LogP contribution in [0.1, 0.15) is 31.7 Å². The third-order valence-electron chi connectivity index (χ3n) is 2.74. The molecule has 0 aliphatic carbocycles. The van der Waals surface area contributed by atoms with Crippen molar-refractivity contribution in [2.45, 2.75) is 38.7 Å². The van der Waals surface area contributed by atoms with Gasteiger partial charge in [0.25, 0.3) is 5.91 Å². The molecule has 4 heteroatoms. The summed E-state index contributed by atoms with van der Waals surface area (Å²) < 4.78 is 17.3. The Balaban J connectivity index is 2.40. The normalized spacial score (nSPS) is 12.1. The molecule has 1 aromatic carbocycles. The molecule has 0 saturated carbocycles. The topological polar surface area (TPSA) is 52.3 Å². The number of alkyl halides is 1. The van der Waals surface area contributed by atoms with Gasteiger partial charge in [0.05, 0.1) is 6.67 Å². The molecule has 1 amide bonds. The highest BCUT2D eigenvalue weighted by atomic mass is 19.1. The van der Waals surface area contributed by atoms with Crippen LogP contribution in [0, 0.1) is 0 Å². The summed E-state index contributed by atoms with van der Waals surface area (Å²) in [5.41, 5.74) is 6.30. The number of benzene rings is 1. The van der Waals surface area contributed by atoms with Gasteiger partial charge in [0, 0.05) is 0 Å². The SMILES string of the molecule is C[C@@H](Oc1ccc(CCCCCF)cc1)C(N)=O. The van der Waals surface area contributed by atoms with E-state index in [1.807, 2.05) is 24.3 Å². The molecule has 1 rings (SSSR count). The van der Waals surface area contributed by atoms with E-state index in [9.17, 15) is 9.18 Å². The summed E-state index contributed by atoms with van der Waals surface area (Å²) in [6.45, 7) is 1.38. The fourth-order valence-corrected chi connectivity index (χ4v) is 1.60. The van der Waals surface area contributed by atoms with Gasteiger partial charge in [-0.3, -0.25) is 9.18 Å². The Kier molecular flexibility index (Phi) is 6.19. The van der Waals surface area contributed by atoms with Gasteiger partial charge in [-0.15, -0.1) is 0 Å². The molecular formula is C14H20FNO2. The van der Waals surface area contributed by atoms with Crippen LogP contribution in [0.15, 0.2) is 24.3 Å². The van der Waals surface area contributed by atoms with Crippen LogP contribution >= 0.6 is 0 Å². The molecular weight excluding hydrogens is 233 g/mol. The van der Waals surface area contributed by atoms with Crippen molar-refractivity contribution in [2.75, 3.05) is 6.67 Å². The highest BCUT2D eigenvalue weighted by Crippen LogP contribution is 2.15. The summed E-state index contributed by atoms with van der Waals surface area (Å²) in [7, 11) is 0. The van der Waals surface area contributed by atoms with E-state index in [4.69, 9.17) is 10.5 Å². The Labute approximate surface area is 107 Å². The van der Waals surface area contributed by atoms with Crippen LogP contribution in [0.3, 0.4) is 0 Å². The first kappa shape index (κ1) is 14.5. The number of nitrogens with two attached hydrogens (primary N) is 1. The zero-order valence-corrected chi connectivity index (χ0v) is 10.7. The largest absolute Gasteiger partial charge is 0.481 e. The molecule has 0 aliphatic heterocycles. The van der Waals surface area contributed by atoms with Crippen molar-refractivity contribution < 1.29 is 13.9 Å². The van der Waals surface area contributed by atoms with E-state index in [0.717, 1.165) is 19.3 Å². The van der Waals surface area contributed by atoms with Gasteiger partial charge in [-0.05, 0) is 43.9 Å². The number of ether oxygens (including phenoxy) is 1. The minimum Gasteiger partial charge on any atom is -0.481 e. The van der Waals surface area contributed by atoms with Gasteiger partial charge in [0.1, 0.15) is 5.75 Å². The van der Waals surface area contributed by atoms with E-state index in [1.54, 1.807) is 6.92 Å². The van der Waals surface area contributed by atoms with Crippen molar-refractivity contribution in [3.8, 4) is 5.75 Å². The monoisotopic (exact) mass is 253 g/mol. The minimum absolute atomic E-state index is 0.238. The quantitative estimate of drug-likeness (QED) is 0.724. The molecule has 0 spiro atoms. The maximum atomic E-state index is 11.9. The molecule has 3 nitrogen and oxygen atoms in total. The van der Waals surface area contributed by atoms with Crippen LogP contribution in [0.5, 0.6) is 5.75 Å². The van der Waals surface area contributed by atoms with Crippen LogP contribution < -0.4 is 10.5 Å². The summed E-state index contributed by atoms with van der Waals surface area (Å²) in [5, 5.41) is 0. The Morgan fingerprint density at radius 3 is 2.50 bits per heavy atom. The Morgan fingerprint density at radius 1 is 1.28 bits per heavy atom. The van der Waals surface area contributed by atoms with Crippen molar-refractivity contribution in [1.82, 2.24) is 0 Å². The fourth-order valence-electron chi connectivity index (χ4n) is 1.60. The van der Waals surface area contributed by atoms with Crippen molar-refractivity contribution in [3.05, 3.63) is 29.8 Å². The number of halogens is 1. The number of hydrogen-bond donors (Lipinski definition) is 1. The number of carbonyl (C=O) groups is 1. The van der Waals surface area contributed by atoms with Gasteiger partial charge < -0.3 is 10.5 Å². The molecule has 0 unspecified atom stereocenters. The molecule has 18 heavy (non-hydrogen) atoms. The molecule has 1 aromatic rings. The Morgan fingerprint density at radius 2 is 1.94 bits per heavy atom. The smallest absolute Gasteiger partial charge is 0.258 e. The van der Waals surface area contributed by atoms with Crippen LogP contribution in [0.4, 0.5) is 4.39 Å². The lowest BCUT2D eigenvalue weighted by Gasteiger charge is -2.11. The van der Waals surface area contributed by atoms with Crippen molar-refractivity contribution >= 4 is 5.91 Å². The first-order valence-corrected chi connectivity index (χ1v) is 6.24. The van der Waals surface area contributed by atoms with Gasteiger partial charge in [0.2, 0.25) is 0 Å². The second-order valence-corrected chi connectivity index (χ2v) is 4.31. The van der Waals surface area contributed by atoms with Gasteiger partial charge in [-0.2, -0.15) is 0 Å². The standard InChI is InChI=1S/C14H20FNO2/c1-11(14(16)17)18-13-8-6-12(7-9-13)5-3-2-4-10-15/h6-9,11H,2-5,10H2,1H3,(H2,16,17)/t11-/m1/s1. The second kappa shape index (κ2) is 7.69. The molecule has 0 aliphatic rings. The highest BCUT2D eigenvalue weighted by molar-refractivity contribution is 5.78. The predicted octanol–water partition coefficient (Wildman–Crippen LogP) is 2.62. The lowest BCUT2D eigenvalue weighted by atomic mass is 10.1. The maximum absolute atomic E-state index is 11.9. The molecule has 0 aromatic heterocycles. The average Bonchev–Trinajstić information content (AvgIpc) is 2.36. The molecule has 2 N–H and O–H groups in total. The van der Waals surface area contributed by atoms with E-state index in [2.05, 4.69) is 0 Å². The minimum atomic E-state index is -0.625. The molecule has 0 heterocycles. The van der Waals surface area contributed by atoms with Crippen LogP contribution in [-0.4, -0.2) is 18.7 Å². The van der Waals surface area contributed by atoms with Crippen LogP contribution in [-0.2, 0) is 11.2 Å². The number of primary amides is 1. The fraction of sp³-hybridized carbons (Fsp3) is 0.500. The number of hydrogen-bond acceptors (Lipinski definition) is 2. The van der Waals surface area contributed by atoms with Crippen molar-refractivity contribution in [2.24, 2.45) is 5.73 Å². The number of amides is 1. The van der Waals surface area contributed by atoms with E-state index in [0.29, 0.717) is 12.2 Å². The summed E-state index contributed by atoms with van der Waals surface area (Å²) >= 11 is 0. The summed E-state index contributed by atoms with van der Waals surface area (Å²) in [6.07, 6.45) is 2.85. The maximum Gasteiger partial charge on any atom is 0.258 e. The van der Waals surface area contributed by atoms with Crippen molar-refractivity contribution in [3.63, 3.8) is 0 Å². The second-order valence-electron chi connectivity index (χ2n) is 4.31. The third kappa shape index (κ3) is 5.17. The van der Waals surface area contributed by atoms with E-state index >= 15 is 0 Å². The Bertz CT molecular complexity index is 365. The summed E-state index contributed by atoms with van der Waals surface area (Å²) in [5.74, 6) is 0.152. The van der Waals surface area contributed by atoms with Gasteiger partial charge in [-0.25, -0.2) is 0 Å². The van der Waals surface area contributed by atoms with E-state index in [1.165, 1.54) is 5.56 Å². The predicted molar refractivity (Wildman–Crippen MR) is 69.3 cm³/mol. The lowest BCUT2D eigenvalue weighted by molar-refractivity contribution is -0.123. The summed E-state index contributed by atoms with van der Waals surface area (Å²) in [6, 6.07) is 7.56. The molecule has 0 saturated heterocycles. The first-order chi connectivity index (χ1) is 8.63. The van der Waals surface area contributed by atoms with Gasteiger partial charge >= 0.3 is 0 Å². The van der Waals surface area contributed by atoms with E-state index in [-0.39, 0.29) is 6.67 Å². The van der Waals surface area contributed by atoms with Gasteiger partial charge in [-0.1, -0.05) is 18.6 Å². The van der Waals surface area contributed by atoms with Crippen molar-refractivity contribution in [1.29, 1.82) is 0 Å². The summed E-state index contributed by atoms with van der Waals surface area (Å²) in [4.78, 5) is 10.8. The highest BCUT2D eigenvalue weighted by Gasteiger charge is 2.09. The third-order valence-corrected chi connectivity index (χ3v) is 2.74. The number of rotatable bonds is 8. The molecule has 0 bridgehead atoms. The van der Waals surface area contributed by atoms with Gasteiger partial charge in [0.15, 0.2) is 6.10 Å². The van der Waals surface area contributed by atoms with E-state index < -0.39 is 12.0 Å². The van der Waals surface area contributed by atoms with Crippen LogP contribution in [0.25, 0.3) is 0 Å². The van der Waals surface area contributed by atoms with Crippen LogP contribution in [0.2, 0.25) is 0 Å². The average molecular weight is 253 g/mol.